The molecule has 0 saturated heterocycles. The summed E-state index contributed by atoms with van der Waals surface area (Å²) >= 11 is 0. The first-order valence-corrected chi connectivity index (χ1v) is 13.0. The quantitative estimate of drug-likeness (QED) is 0.185. The van der Waals surface area contributed by atoms with Crippen LogP contribution in [0.5, 0.6) is 0 Å². The normalized spacial score (nSPS) is 16.5. The van der Waals surface area contributed by atoms with Gasteiger partial charge in [0.25, 0.3) is 11.8 Å². The van der Waals surface area contributed by atoms with E-state index >= 15 is 0 Å². The molecule has 0 bridgehead atoms. The number of para-hydroxylation sites is 1. The molecule has 0 radical (unpaired) electrons. The molecule has 8 nitrogen and oxygen atoms in total. The van der Waals surface area contributed by atoms with Gasteiger partial charge in [-0.3, -0.25) is 14.5 Å². The summed E-state index contributed by atoms with van der Waals surface area (Å²) in [5, 5.41) is 19.2. The van der Waals surface area contributed by atoms with Crippen LogP contribution in [0.25, 0.3) is 5.69 Å². The second-order valence-corrected chi connectivity index (χ2v) is 9.54. The van der Waals surface area contributed by atoms with Crippen molar-refractivity contribution in [1.82, 2.24) is 20.4 Å². The zero-order chi connectivity index (χ0) is 30.0. The van der Waals surface area contributed by atoms with Crippen molar-refractivity contribution in [3.05, 3.63) is 113 Å². The predicted octanol–water partition coefficient (Wildman–Crippen LogP) is 4.90. The molecule has 2 atom stereocenters. The summed E-state index contributed by atoms with van der Waals surface area (Å²) < 4.78 is 55.6. The van der Waals surface area contributed by atoms with Gasteiger partial charge in [-0.15, -0.1) is 0 Å². The van der Waals surface area contributed by atoms with E-state index in [1.807, 2.05) is 12.3 Å². The summed E-state index contributed by atoms with van der Waals surface area (Å²) in [5.41, 5.74) is 0.704. The Balaban J connectivity index is 1.69. The minimum atomic E-state index is -4.67. The minimum absolute atomic E-state index is 0.0175. The summed E-state index contributed by atoms with van der Waals surface area (Å²) in [6.07, 6.45) is -2.81. The van der Waals surface area contributed by atoms with Crippen LogP contribution >= 0.6 is 0 Å². The van der Waals surface area contributed by atoms with Crippen molar-refractivity contribution in [2.45, 2.75) is 31.6 Å². The maximum absolute atomic E-state index is 14.1. The lowest BCUT2D eigenvalue weighted by molar-refractivity contribution is -0.137. The van der Waals surface area contributed by atoms with E-state index in [1.165, 1.54) is 35.2 Å². The van der Waals surface area contributed by atoms with Gasteiger partial charge in [-0.25, -0.2) is 9.07 Å². The van der Waals surface area contributed by atoms with Crippen LogP contribution in [0.4, 0.5) is 23.4 Å². The van der Waals surface area contributed by atoms with Crippen molar-refractivity contribution in [2.75, 3.05) is 11.4 Å². The molecule has 214 valence electrons. The molecule has 0 spiro atoms. The number of amides is 2. The zero-order valence-corrected chi connectivity index (χ0v) is 22.2. The molecule has 2 N–H and O–H groups in total. The number of benzene rings is 3. The topological polar surface area (TPSA) is 103 Å². The Bertz CT molecular complexity index is 1660. The molecular weight excluding hydrogens is 552 g/mol. The minimum Gasteiger partial charge on any atom is -0.339 e. The molecule has 1 aliphatic heterocycles. The van der Waals surface area contributed by atoms with E-state index in [4.69, 9.17) is 5.10 Å². The summed E-state index contributed by atoms with van der Waals surface area (Å²) in [7, 11) is 0. The summed E-state index contributed by atoms with van der Waals surface area (Å²) in [5.74, 6) is -2.46. The lowest BCUT2D eigenvalue weighted by Gasteiger charge is -2.38. The standard InChI is InChI=1S/C30H24F4N6O2/c1-2-39-28-25(23(16-36-17-35)38-40(28)22-9-4-3-5-10-22)24(18-11-13-21(31)14-12-18)26(29(39)42)37-27(41)19-7-6-8-20(15-19)30(32,33)34/h3-15,24,26,36H,2,16H2,1H3,(H,37,41). The third-order valence-electron chi connectivity index (χ3n) is 7.02. The Kier molecular flexibility index (Phi) is 7.67. The first-order chi connectivity index (χ1) is 20.1. The molecular formula is C30H24F4N6O2. The van der Waals surface area contributed by atoms with Gasteiger partial charge in [-0.2, -0.15) is 23.5 Å². The van der Waals surface area contributed by atoms with Crippen molar-refractivity contribution < 1.29 is 27.2 Å². The first-order valence-electron chi connectivity index (χ1n) is 13.0. The molecule has 3 aromatic carbocycles. The maximum Gasteiger partial charge on any atom is 0.416 e. The molecule has 1 aliphatic rings. The highest BCUT2D eigenvalue weighted by molar-refractivity contribution is 6.05. The molecule has 0 fully saturated rings. The first kappa shape index (κ1) is 28.4. The maximum atomic E-state index is 14.1. The Labute approximate surface area is 238 Å². The number of fused-ring (bicyclic) bond motifs is 1. The SMILES string of the molecule is CCN1C(=O)C(NC(=O)c2cccc(C(F)(F)F)c2)C(c2ccc(F)cc2)c2c(CNC#N)nn(-c3ccccc3)c21. The number of alkyl halides is 3. The molecule has 0 saturated carbocycles. The fraction of sp³-hybridized carbons (Fsp3) is 0.200. The molecule has 4 aromatic rings. The number of anilines is 1. The second-order valence-electron chi connectivity index (χ2n) is 9.54. The Morgan fingerprint density at radius 2 is 1.76 bits per heavy atom. The number of nitrogens with zero attached hydrogens (tertiary/aromatic N) is 4. The second kappa shape index (κ2) is 11.4. The number of carbonyl (C=O) groups excluding carboxylic acids is 2. The number of halogens is 4. The highest BCUT2D eigenvalue weighted by Gasteiger charge is 2.46. The molecule has 1 aromatic heterocycles. The van der Waals surface area contributed by atoms with Crippen LogP contribution in [-0.2, 0) is 17.5 Å². The average molecular weight is 577 g/mol. The number of nitriles is 1. The number of hydrogen-bond donors (Lipinski definition) is 2. The van der Waals surface area contributed by atoms with Crippen molar-refractivity contribution in [3.8, 4) is 11.9 Å². The third-order valence-corrected chi connectivity index (χ3v) is 7.02. The predicted molar refractivity (Wildman–Crippen MR) is 145 cm³/mol. The van der Waals surface area contributed by atoms with Gasteiger partial charge in [-0.1, -0.05) is 36.4 Å². The van der Waals surface area contributed by atoms with E-state index in [-0.39, 0.29) is 18.7 Å². The van der Waals surface area contributed by atoms with Gasteiger partial charge in [-0.05, 0) is 55.0 Å². The number of carbonyl (C=O) groups is 2. The average Bonchev–Trinajstić information content (AvgIpc) is 3.36. The molecule has 2 amide bonds. The largest absolute Gasteiger partial charge is 0.416 e. The molecule has 0 aliphatic carbocycles. The summed E-state index contributed by atoms with van der Waals surface area (Å²) in [4.78, 5) is 28.9. The van der Waals surface area contributed by atoms with Crippen LogP contribution in [0.2, 0.25) is 0 Å². The van der Waals surface area contributed by atoms with Gasteiger partial charge in [0.1, 0.15) is 17.7 Å². The Morgan fingerprint density at radius 1 is 1.05 bits per heavy atom. The van der Waals surface area contributed by atoms with Gasteiger partial charge < -0.3 is 10.6 Å². The Morgan fingerprint density at radius 3 is 2.40 bits per heavy atom. The fourth-order valence-corrected chi connectivity index (χ4v) is 5.17. The fourth-order valence-electron chi connectivity index (χ4n) is 5.17. The van der Waals surface area contributed by atoms with E-state index in [0.717, 1.165) is 12.1 Å². The van der Waals surface area contributed by atoms with Gasteiger partial charge in [0.15, 0.2) is 6.19 Å². The van der Waals surface area contributed by atoms with Gasteiger partial charge in [0, 0.05) is 23.6 Å². The van der Waals surface area contributed by atoms with E-state index in [0.29, 0.717) is 34.4 Å². The van der Waals surface area contributed by atoms with Crippen LogP contribution < -0.4 is 15.5 Å². The number of likely N-dealkylation sites (N-methyl/N-ethyl adjacent to an activating group) is 1. The zero-order valence-electron chi connectivity index (χ0n) is 22.2. The van der Waals surface area contributed by atoms with E-state index in [2.05, 4.69) is 10.6 Å². The summed E-state index contributed by atoms with van der Waals surface area (Å²) in [6.45, 7) is 1.89. The summed E-state index contributed by atoms with van der Waals surface area (Å²) in [6, 6.07) is 17.0. The molecule has 2 unspecified atom stereocenters. The van der Waals surface area contributed by atoms with Gasteiger partial charge in [0.05, 0.1) is 23.5 Å². The molecule has 12 heteroatoms. The molecule has 2 heterocycles. The van der Waals surface area contributed by atoms with E-state index in [9.17, 15) is 32.4 Å². The van der Waals surface area contributed by atoms with Crippen LogP contribution in [0.3, 0.4) is 0 Å². The van der Waals surface area contributed by atoms with E-state index < -0.39 is 41.3 Å². The van der Waals surface area contributed by atoms with Crippen LogP contribution in [0.15, 0.2) is 78.9 Å². The number of nitrogens with one attached hydrogen (secondary N) is 2. The van der Waals surface area contributed by atoms with Crippen LogP contribution in [0, 0.1) is 17.3 Å². The highest BCUT2D eigenvalue weighted by Crippen LogP contribution is 2.43. The highest BCUT2D eigenvalue weighted by atomic mass is 19.4. The van der Waals surface area contributed by atoms with Crippen molar-refractivity contribution in [2.24, 2.45) is 0 Å². The van der Waals surface area contributed by atoms with E-state index in [1.54, 1.807) is 35.9 Å². The molecule has 5 rings (SSSR count). The lowest BCUT2D eigenvalue weighted by Crippen LogP contribution is -2.55. The monoisotopic (exact) mass is 576 g/mol. The van der Waals surface area contributed by atoms with Crippen LogP contribution in [0.1, 0.15) is 45.6 Å². The van der Waals surface area contributed by atoms with Gasteiger partial charge >= 0.3 is 6.18 Å². The Hall–Kier alpha value is -5.18. The third kappa shape index (κ3) is 5.28. The number of aromatic nitrogens is 2. The van der Waals surface area contributed by atoms with Crippen molar-refractivity contribution >= 4 is 17.6 Å². The van der Waals surface area contributed by atoms with Crippen molar-refractivity contribution in [3.63, 3.8) is 0 Å². The number of hydrogen-bond acceptors (Lipinski definition) is 5. The number of rotatable bonds is 7. The smallest absolute Gasteiger partial charge is 0.339 e. The molecule has 42 heavy (non-hydrogen) atoms. The van der Waals surface area contributed by atoms with Gasteiger partial charge in [0.2, 0.25) is 0 Å². The lowest BCUT2D eigenvalue weighted by atomic mass is 9.80. The van der Waals surface area contributed by atoms with Crippen LogP contribution in [-0.4, -0.2) is 34.2 Å². The van der Waals surface area contributed by atoms with Crippen molar-refractivity contribution in [1.29, 1.82) is 5.26 Å².